The fraction of sp³-hybridized carbons (Fsp3) is 1.00. The zero-order valence-electron chi connectivity index (χ0n) is 13.3. The first-order valence-electron chi connectivity index (χ1n) is 7.81. The van der Waals surface area contributed by atoms with Gasteiger partial charge in [0.25, 0.3) is 0 Å². The van der Waals surface area contributed by atoms with Gasteiger partial charge >= 0.3 is 0 Å². The van der Waals surface area contributed by atoms with Gasteiger partial charge in [0.1, 0.15) is 0 Å². The van der Waals surface area contributed by atoms with Crippen LogP contribution in [-0.4, -0.2) is 73.4 Å². The van der Waals surface area contributed by atoms with Crippen molar-refractivity contribution >= 4 is 0 Å². The van der Waals surface area contributed by atoms with Gasteiger partial charge in [-0.1, -0.05) is 13.8 Å². The Labute approximate surface area is 119 Å². The minimum absolute atomic E-state index is 0.0195. The molecule has 2 N–H and O–H groups in total. The van der Waals surface area contributed by atoms with E-state index >= 15 is 0 Å². The lowest BCUT2D eigenvalue weighted by Crippen LogP contribution is -2.48. The summed E-state index contributed by atoms with van der Waals surface area (Å²) in [6.45, 7) is 9.04. The molecule has 4 nitrogen and oxygen atoms in total. The van der Waals surface area contributed by atoms with Gasteiger partial charge in [0.2, 0.25) is 0 Å². The van der Waals surface area contributed by atoms with Crippen LogP contribution in [0.2, 0.25) is 0 Å². The molecular formula is C15H33N3O. The van der Waals surface area contributed by atoms with Crippen LogP contribution in [0, 0.1) is 0 Å². The standard InChI is InChI=1S/C15H33N3O/c1-5-16-15(13-19)9-8-14(12-15)18(6-2)11-7-10-17(3)4/h14,16,19H,5-13H2,1-4H3. The maximum absolute atomic E-state index is 9.68. The molecule has 0 heterocycles. The zero-order chi connectivity index (χ0) is 14.3. The quantitative estimate of drug-likeness (QED) is 0.660. The first kappa shape index (κ1) is 16.9. The summed E-state index contributed by atoms with van der Waals surface area (Å²) in [6.07, 6.45) is 4.63. The number of rotatable bonds is 9. The molecular weight excluding hydrogens is 238 g/mol. The molecule has 0 radical (unpaired) electrons. The number of aliphatic hydroxyl groups is 1. The third-order valence-corrected chi connectivity index (χ3v) is 4.41. The van der Waals surface area contributed by atoms with E-state index in [0.717, 1.165) is 32.5 Å². The van der Waals surface area contributed by atoms with Crippen LogP contribution >= 0.6 is 0 Å². The molecule has 0 aliphatic heterocycles. The molecule has 0 saturated heterocycles. The van der Waals surface area contributed by atoms with Crippen molar-refractivity contribution in [3.63, 3.8) is 0 Å². The second-order valence-electron chi connectivity index (χ2n) is 6.15. The molecule has 0 aromatic heterocycles. The van der Waals surface area contributed by atoms with Crippen LogP contribution in [0.15, 0.2) is 0 Å². The molecule has 0 aromatic rings. The zero-order valence-corrected chi connectivity index (χ0v) is 13.3. The summed E-state index contributed by atoms with van der Waals surface area (Å²) < 4.78 is 0. The number of likely N-dealkylation sites (N-methyl/N-ethyl adjacent to an activating group) is 1. The molecule has 1 aliphatic rings. The maximum Gasteiger partial charge on any atom is 0.0613 e. The van der Waals surface area contributed by atoms with Gasteiger partial charge < -0.3 is 20.2 Å². The molecule has 1 saturated carbocycles. The summed E-state index contributed by atoms with van der Waals surface area (Å²) >= 11 is 0. The van der Waals surface area contributed by atoms with Gasteiger partial charge in [-0.3, -0.25) is 0 Å². The lowest BCUT2D eigenvalue weighted by atomic mass is 9.98. The summed E-state index contributed by atoms with van der Waals surface area (Å²) in [5.74, 6) is 0. The van der Waals surface area contributed by atoms with E-state index in [2.05, 4.69) is 43.1 Å². The molecule has 0 aromatic carbocycles. The van der Waals surface area contributed by atoms with Crippen molar-refractivity contribution in [3.05, 3.63) is 0 Å². The predicted molar refractivity (Wildman–Crippen MR) is 81.6 cm³/mol. The Balaban J connectivity index is 2.45. The Bertz CT molecular complexity index is 248. The van der Waals surface area contributed by atoms with Crippen molar-refractivity contribution in [1.82, 2.24) is 15.1 Å². The normalized spacial score (nSPS) is 27.6. The second kappa shape index (κ2) is 8.20. The minimum Gasteiger partial charge on any atom is -0.394 e. The van der Waals surface area contributed by atoms with E-state index < -0.39 is 0 Å². The monoisotopic (exact) mass is 271 g/mol. The minimum atomic E-state index is -0.0195. The summed E-state index contributed by atoms with van der Waals surface area (Å²) in [5, 5.41) is 13.2. The largest absolute Gasteiger partial charge is 0.394 e. The van der Waals surface area contributed by atoms with E-state index in [0.29, 0.717) is 6.04 Å². The highest BCUT2D eigenvalue weighted by Crippen LogP contribution is 2.32. The van der Waals surface area contributed by atoms with Crippen LogP contribution in [0.5, 0.6) is 0 Å². The van der Waals surface area contributed by atoms with E-state index in [1.807, 2.05) is 0 Å². The van der Waals surface area contributed by atoms with Crippen molar-refractivity contribution in [2.24, 2.45) is 0 Å². The molecule has 0 spiro atoms. The van der Waals surface area contributed by atoms with Crippen LogP contribution in [0.3, 0.4) is 0 Å². The molecule has 0 amide bonds. The van der Waals surface area contributed by atoms with Gasteiger partial charge in [-0.05, 0) is 66.0 Å². The smallest absolute Gasteiger partial charge is 0.0613 e. The molecule has 2 atom stereocenters. The van der Waals surface area contributed by atoms with E-state index in [1.54, 1.807) is 0 Å². The Morgan fingerprint density at radius 1 is 1.26 bits per heavy atom. The van der Waals surface area contributed by atoms with Crippen LogP contribution in [0.1, 0.15) is 39.5 Å². The molecule has 4 heteroatoms. The third-order valence-electron chi connectivity index (χ3n) is 4.41. The lowest BCUT2D eigenvalue weighted by molar-refractivity contribution is 0.144. The van der Waals surface area contributed by atoms with E-state index in [-0.39, 0.29) is 12.1 Å². The summed E-state index contributed by atoms with van der Waals surface area (Å²) in [4.78, 5) is 4.84. The van der Waals surface area contributed by atoms with Crippen molar-refractivity contribution in [2.45, 2.75) is 51.1 Å². The fourth-order valence-corrected chi connectivity index (χ4v) is 3.33. The highest BCUT2D eigenvalue weighted by atomic mass is 16.3. The van der Waals surface area contributed by atoms with Gasteiger partial charge in [-0.2, -0.15) is 0 Å². The van der Waals surface area contributed by atoms with Crippen molar-refractivity contribution in [1.29, 1.82) is 0 Å². The second-order valence-corrected chi connectivity index (χ2v) is 6.15. The van der Waals surface area contributed by atoms with Crippen LogP contribution < -0.4 is 5.32 Å². The van der Waals surface area contributed by atoms with Crippen molar-refractivity contribution in [3.8, 4) is 0 Å². The lowest BCUT2D eigenvalue weighted by Gasteiger charge is -2.32. The highest BCUT2D eigenvalue weighted by molar-refractivity contribution is 4.99. The number of nitrogens with one attached hydrogen (secondary N) is 1. The van der Waals surface area contributed by atoms with Crippen molar-refractivity contribution < 1.29 is 5.11 Å². The first-order chi connectivity index (χ1) is 9.06. The van der Waals surface area contributed by atoms with Gasteiger partial charge in [0, 0.05) is 11.6 Å². The SMILES string of the molecule is CCNC1(CO)CCC(N(CC)CCCN(C)C)C1. The van der Waals surface area contributed by atoms with E-state index in [1.165, 1.54) is 19.4 Å². The van der Waals surface area contributed by atoms with Crippen LogP contribution in [0.25, 0.3) is 0 Å². The van der Waals surface area contributed by atoms with E-state index in [9.17, 15) is 5.11 Å². The van der Waals surface area contributed by atoms with Gasteiger partial charge in [-0.25, -0.2) is 0 Å². The highest BCUT2D eigenvalue weighted by Gasteiger charge is 2.39. The van der Waals surface area contributed by atoms with Crippen LogP contribution in [-0.2, 0) is 0 Å². The molecule has 1 rings (SSSR count). The molecule has 2 unspecified atom stereocenters. The Morgan fingerprint density at radius 3 is 2.53 bits per heavy atom. The molecule has 1 fully saturated rings. The Morgan fingerprint density at radius 2 is 2.00 bits per heavy atom. The Kier molecular flexibility index (Phi) is 7.29. The number of hydrogen-bond donors (Lipinski definition) is 2. The molecule has 19 heavy (non-hydrogen) atoms. The maximum atomic E-state index is 9.68. The number of hydrogen-bond acceptors (Lipinski definition) is 4. The average molecular weight is 271 g/mol. The first-order valence-corrected chi connectivity index (χ1v) is 7.81. The third kappa shape index (κ3) is 5.03. The van der Waals surface area contributed by atoms with Gasteiger partial charge in [0.05, 0.1) is 6.61 Å². The number of aliphatic hydroxyl groups excluding tert-OH is 1. The topological polar surface area (TPSA) is 38.7 Å². The summed E-state index contributed by atoms with van der Waals surface area (Å²) in [7, 11) is 4.27. The van der Waals surface area contributed by atoms with Gasteiger partial charge in [-0.15, -0.1) is 0 Å². The molecule has 1 aliphatic carbocycles. The van der Waals surface area contributed by atoms with E-state index in [4.69, 9.17) is 0 Å². The van der Waals surface area contributed by atoms with Gasteiger partial charge in [0.15, 0.2) is 0 Å². The van der Waals surface area contributed by atoms with Crippen LogP contribution in [0.4, 0.5) is 0 Å². The van der Waals surface area contributed by atoms with Crippen molar-refractivity contribution in [2.75, 3.05) is 46.9 Å². The predicted octanol–water partition coefficient (Wildman–Crippen LogP) is 1.15. The molecule has 114 valence electrons. The molecule has 0 bridgehead atoms. The Hall–Kier alpha value is -0.160. The summed E-state index contributed by atoms with van der Waals surface area (Å²) in [5.41, 5.74) is -0.0195. The number of nitrogens with zero attached hydrogens (tertiary/aromatic N) is 2. The summed E-state index contributed by atoms with van der Waals surface area (Å²) in [6, 6.07) is 0.637. The average Bonchev–Trinajstić information content (AvgIpc) is 2.80. The fourth-order valence-electron chi connectivity index (χ4n) is 3.33.